The second kappa shape index (κ2) is 4.20. The number of hydrogen-bond donors (Lipinski definition) is 3. The Balaban J connectivity index is 1.78. The molecule has 1 aromatic carbocycles. The van der Waals surface area contributed by atoms with Gasteiger partial charge in [0.25, 0.3) is 0 Å². The lowest BCUT2D eigenvalue weighted by Crippen LogP contribution is -1.86. The van der Waals surface area contributed by atoms with E-state index in [0.717, 1.165) is 26.7 Å². The number of rotatable bonds is 2. The molecule has 0 fully saturated rings. The molecule has 0 aliphatic carbocycles. The highest BCUT2D eigenvalue weighted by molar-refractivity contribution is 7.99. The molecule has 4 aromatic rings. The lowest BCUT2D eigenvalue weighted by molar-refractivity contribution is 1.04. The summed E-state index contributed by atoms with van der Waals surface area (Å²) in [5.41, 5.74) is 9.68. The predicted molar refractivity (Wildman–Crippen MR) is 76.3 cm³/mol. The van der Waals surface area contributed by atoms with Gasteiger partial charge in [-0.15, -0.1) is 0 Å². The molecule has 0 amide bonds. The molecule has 3 aromatic heterocycles. The highest BCUT2D eigenvalue weighted by Crippen LogP contribution is 2.29. The van der Waals surface area contributed by atoms with E-state index in [1.54, 1.807) is 6.33 Å². The van der Waals surface area contributed by atoms with Crippen LogP contribution in [0.1, 0.15) is 0 Å². The minimum absolute atomic E-state index is 0.642. The molecule has 0 aliphatic rings. The summed E-state index contributed by atoms with van der Waals surface area (Å²) >= 11 is 1.42. The van der Waals surface area contributed by atoms with Gasteiger partial charge in [-0.3, -0.25) is 0 Å². The Bertz CT molecular complexity index is 910. The van der Waals surface area contributed by atoms with Gasteiger partial charge >= 0.3 is 0 Å². The molecule has 20 heavy (non-hydrogen) atoms. The first kappa shape index (κ1) is 11.2. The molecule has 0 spiro atoms. The lowest BCUT2D eigenvalue weighted by Gasteiger charge is -1.97. The summed E-state index contributed by atoms with van der Waals surface area (Å²) in [5, 5.41) is 1.53. The van der Waals surface area contributed by atoms with Gasteiger partial charge in [-0.1, -0.05) is 0 Å². The van der Waals surface area contributed by atoms with Crippen LogP contribution in [-0.2, 0) is 0 Å². The van der Waals surface area contributed by atoms with Crippen molar-refractivity contribution in [3.63, 3.8) is 0 Å². The molecule has 0 saturated heterocycles. The van der Waals surface area contributed by atoms with Gasteiger partial charge in [-0.05, 0) is 30.0 Å². The molecular weight excluding hydrogens is 274 g/mol. The smallest absolute Gasteiger partial charge is 0.181 e. The molecule has 3 heterocycles. The van der Waals surface area contributed by atoms with Crippen LogP contribution in [0.2, 0.25) is 0 Å². The molecule has 0 radical (unpaired) electrons. The summed E-state index contributed by atoms with van der Waals surface area (Å²) < 4.78 is 0. The Morgan fingerprint density at radius 3 is 3.05 bits per heavy atom. The van der Waals surface area contributed by atoms with E-state index in [0.29, 0.717) is 11.3 Å². The maximum atomic E-state index is 5.76. The number of nitrogen functional groups attached to an aromatic ring is 1. The summed E-state index contributed by atoms with van der Waals surface area (Å²) in [6, 6.07) is 5.57. The molecule has 0 atom stereocenters. The van der Waals surface area contributed by atoms with Gasteiger partial charge in [-0.25, -0.2) is 19.9 Å². The maximum absolute atomic E-state index is 5.76. The van der Waals surface area contributed by atoms with Crippen LogP contribution in [0.5, 0.6) is 0 Å². The summed E-state index contributed by atoms with van der Waals surface area (Å²) in [5.74, 6) is 0. The number of anilines is 1. The van der Waals surface area contributed by atoms with E-state index in [-0.39, 0.29) is 0 Å². The number of hydrogen-bond acceptors (Lipinski definition) is 6. The quantitative estimate of drug-likeness (QED) is 0.383. The third-order valence-corrected chi connectivity index (χ3v) is 3.76. The number of benzene rings is 1. The van der Waals surface area contributed by atoms with E-state index in [1.807, 2.05) is 18.2 Å². The Morgan fingerprint density at radius 1 is 1.15 bits per heavy atom. The van der Waals surface area contributed by atoms with Crippen molar-refractivity contribution in [1.82, 2.24) is 29.9 Å². The number of imidazole rings is 2. The Labute approximate surface area is 117 Å². The number of nitrogens with zero attached hydrogens (tertiary/aromatic N) is 4. The second-order valence-electron chi connectivity index (χ2n) is 4.20. The molecule has 4 N–H and O–H groups in total. The molecule has 0 saturated carbocycles. The number of nitrogens with two attached hydrogens (primary N) is 1. The molecule has 8 heteroatoms. The third-order valence-electron chi connectivity index (χ3n) is 2.87. The first-order chi connectivity index (χ1) is 9.79. The Hall–Kier alpha value is -2.61. The van der Waals surface area contributed by atoms with Crippen molar-refractivity contribution in [2.24, 2.45) is 0 Å². The SMILES string of the molecule is Nc1ccc2nc(Sc3ncnc4nc[nH]c34)[nH]c2c1. The third kappa shape index (κ3) is 1.77. The molecule has 0 aliphatic heterocycles. The largest absolute Gasteiger partial charge is 0.399 e. The summed E-state index contributed by atoms with van der Waals surface area (Å²) in [4.78, 5) is 23.2. The summed E-state index contributed by atoms with van der Waals surface area (Å²) in [7, 11) is 0. The molecule has 0 bridgehead atoms. The zero-order valence-corrected chi connectivity index (χ0v) is 11.0. The first-order valence-corrected chi connectivity index (χ1v) is 6.68. The van der Waals surface area contributed by atoms with Crippen molar-refractivity contribution in [3.05, 3.63) is 30.9 Å². The Kier molecular flexibility index (Phi) is 2.36. The maximum Gasteiger partial charge on any atom is 0.181 e. The fourth-order valence-electron chi connectivity index (χ4n) is 1.96. The van der Waals surface area contributed by atoms with Crippen LogP contribution in [0.15, 0.2) is 41.0 Å². The van der Waals surface area contributed by atoms with Gasteiger partial charge < -0.3 is 15.7 Å². The normalized spacial score (nSPS) is 11.4. The average Bonchev–Trinajstić information content (AvgIpc) is 3.04. The zero-order chi connectivity index (χ0) is 13.5. The highest BCUT2D eigenvalue weighted by atomic mass is 32.2. The number of fused-ring (bicyclic) bond motifs is 2. The van der Waals surface area contributed by atoms with E-state index in [2.05, 4.69) is 29.9 Å². The van der Waals surface area contributed by atoms with Crippen LogP contribution in [0.25, 0.3) is 22.2 Å². The van der Waals surface area contributed by atoms with Crippen molar-refractivity contribution in [2.75, 3.05) is 5.73 Å². The van der Waals surface area contributed by atoms with Gasteiger partial charge in [0.15, 0.2) is 10.8 Å². The van der Waals surface area contributed by atoms with Crippen molar-refractivity contribution in [1.29, 1.82) is 0 Å². The topological polar surface area (TPSA) is 109 Å². The van der Waals surface area contributed by atoms with Crippen molar-refractivity contribution in [3.8, 4) is 0 Å². The van der Waals surface area contributed by atoms with Crippen molar-refractivity contribution < 1.29 is 0 Å². The first-order valence-electron chi connectivity index (χ1n) is 5.87. The molecular formula is C12H9N7S. The highest BCUT2D eigenvalue weighted by Gasteiger charge is 2.10. The predicted octanol–water partition coefficient (Wildman–Crippen LogP) is 1.96. The van der Waals surface area contributed by atoms with Gasteiger partial charge in [0.05, 0.1) is 17.4 Å². The van der Waals surface area contributed by atoms with E-state index >= 15 is 0 Å². The van der Waals surface area contributed by atoms with Crippen LogP contribution in [0.3, 0.4) is 0 Å². The number of H-pyrrole nitrogens is 2. The van der Waals surface area contributed by atoms with E-state index in [4.69, 9.17) is 5.73 Å². The molecule has 0 unspecified atom stereocenters. The molecule has 98 valence electrons. The van der Waals surface area contributed by atoms with Crippen molar-refractivity contribution in [2.45, 2.75) is 10.2 Å². The van der Waals surface area contributed by atoms with E-state index < -0.39 is 0 Å². The van der Waals surface area contributed by atoms with Crippen LogP contribution in [-0.4, -0.2) is 29.9 Å². The zero-order valence-electron chi connectivity index (χ0n) is 10.2. The van der Waals surface area contributed by atoms with Crippen LogP contribution in [0.4, 0.5) is 5.69 Å². The average molecular weight is 283 g/mol. The fourth-order valence-corrected chi connectivity index (χ4v) is 2.80. The minimum atomic E-state index is 0.642. The van der Waals surface area contributed by atoms with Gasteiger partial charge in [0.1, 0.15) is 16.9 Å². The van der Waals surface area contributed by atoms with Crippen LogP contribution < -0.4 is 5.73 Å². The van der Waals surface area contributed by atoms with E-state index in [9.17, 15) is 0 Å². The van der Waals surface area contributed by atoms with Crippen LogP contribution >= 0.6 is 11.8 Å². The molecule has 4 rings (SSSR count). The number of nitrogens with one attached hydrogen (secondary N) is 2. The molecule has 7 nitrogen and oxygen atoms in total. The van der Waals surface area contributed by atoms with Crippen LogP contribution in [0, 0.1) is 0 Å². The fraction of sp³-hybridized carbons (Fsp3) is 0. The van der Waals surface area contributed by atoms with E-state index in [1.165, 1.54) is 18.1 Å². The summed E-state index contributed by atoms with van der Waals surface area (Å²) in [6.07, 6.45) is 3.09. The Morgan fingerprint density at radius 2 is 2.10 bits per heavy atom. The standard InChI is InChI=1S/C12H9N7S/c13-6-1-2-7-8(3-6)19-12(18-7)20-11-9-10(15-4-14-9)16-5-17-11/h1-5H,13H2,(H,18,19)(H,14,15,16,17). The number of aromatic nitrogens is 6. The lowest BCUT2D eigenvalue weighted by atomic mass is 10.3. The number of aromatic amines is 2. The van der Waals surface area contributed by atoms with Gasteiger partial charge in [0, 0.05) is 5.69 Å². The monoisotopic (exact) mass is 283 g/mol. The second-order valence-corrected chi connectivity index (χ2v) is 5.18. The minimum Gasteiger partial charge on any atom is -0.399 e. The van der Waals surface area contributed by atoms with Gasteiger partial charge in [0.2, 0.25) is 0 Å². The van der Waals surface area contributed by atoms with Crippen molar-refractivity contribution >= 4 is 39.6 Å². The summed E-state index contributed by atoms with van der Waals surface area (Å²) in [6.45, 7) is 0. The van der Waals surface area contributed by atoms with Gasteiger partial charge in [-0.2, -0.15) is 0 Å².